The molecule has 1 fully saturated rings. The minimum Gasteiger partial charge on any atom is -0.324 e. The first-order valence-electron chi connectivity index (χ1n) is 7.16. The molecule has 0 bridgehead atoms. The number of amides is 1. The van der Waals surface area contributed by atoms with Crippen LogP contribution in [-0.2, 0) is 4.79 Å². The number of carbonyl (C=O) groups excluding carboxylic acids is 1. The summed E-state index contributed by atoms with van der Waals surface area (Å²) in [6, 6.07) is 7.36. The molecule has 0 aliphatic carbocycles. The summed E-state index contributed by atoms with van der Waals surface area (Å²) in [6.07, 6.45) is 3.62. The first kappa shape index (κ1) is 14.3. The summed E-state index contributed by atoms with van der Waals surface area (Å²) in [5.74, 6) is 0.0315. The van der Waals surface area contributed by atoms with Crippen molar-refractivity contribution in [1.29, 1.82) is 0 Å². The van der Waals surface area contributed by atoms with Crippen LogP contribution in [-0.4, -0.2) is 24.0 Å². The van der Waals surface area contributed by atoms with Gasteiger partial charge in [-0.15, -0.1) is 0 Å². The lowest BCUT2D eigenvalue weighted by atomic mass is 9.82. The third-order valence-electron chi connectivity index (χ3n) is 4.11. The predicted octanol–water partition coefficient (Wildman–Crippen LogP) is 3.22. The molecule has 0 spiro atoms. The number of benzene rings is 1. The summed E-state index contributed by atoms with van der Waals surface area (Å²) in [5.41, 5.74) is 1.07. The van der Waals surface area contributed by atoms with Crippen molar-refractivity contribution < 1.29 is 4.79 Å². The number of aromatic nitrogens is 1. The summed E-state index contributed by atoms with van der Waals surface area (Å²) >= 11 is 6.18. The van der Waals surface area contributed by atoms with Crippen molar-refractivity contribution in [2.45, 2.75) is 19.8 Å². The maximum atomic E-state index is 12.6. The summed E-state index contributed by atoms with van der Waals surface area (Å²) < 4.78 is 0. The third-order valence-corrected chi connectivity index (χ3v) is 4.44. The average Bonchev–Trinajstić information content (AvgIpc) is 2.51. The van der Waals surface area contributed by atoms with Crippen molar-refractivity contribution in [1.82, 2.24) is 10.3 Å². The average molecular weight is 304 g/mol. The van der Waals surface area contributed by atoms with Gasteiger partial charge in [0, 0.05) is 18.1 Å². The second kappa shape index (κ2) is 5.62. The predicted molar refractivity (Wildman–Crippen MR) is 85.6 cm³/mol. The van der Waals surface area contributed by atoms with Crippen molar-refractivity contribution in [3.8, 4) is 0 Å². The van der Waals surface area contributed by atoms with E-state index in [0.717, 1.165) is 30.3 Å². The number of anilines is 1. The van der Waals surface area contributed by atoms with Crippen LogP contribution in [0.15, 0.2) is 30.5 Å². The Morgan fingerprint density at radius 1 is 1.43 bits per heavy atom. The van der Waals surface area contributed by atoms with E-state index in [1.807, 2.05) is 25.1 Å². The molecule has 21 heavy (non-hydrogen) atoms. The SMILES string of the molecule is CC1(C(=O)Nc2ccc(Cl)c3cccnc23)CCCNC1. The molecule has 2 N–H and O–H groups in total. The van der Waals surface area contributed by atoms with Gasteiger partial charge in [-0.2, -0.15) is 0 Å². The number of nitrogens with zero attached hydrogens (tertiary/aromatic N) is 1. The fourth-order valence-electron chi connectivity index (χ4n) is 2.76. The number of rotatable bonds is 2. The molecule has 2 heterocycles. The molecule has 1 aromatic carbocycles. The number of halogens is 1. The third kappa shape index (κ3) is 2.74. The fraction of sp³-hybridized carbons (Fsp3) is 0.375. The highest BCUT2D eigenvalue weighted by Crippen LogP contribution is 2.31. The molecule has 1 aliphatic rings. The van der Waals surface area contributed by atoms with Crippen molar-refractivity contribution in [3.05, 3.63) is 35.5 Å². The van der Waals surface area contributed by atoms with Crippen LogP contribution >= 0.6 is 11.6 Å². The summed E-state index contributed by atoms with van der Waals surface area (Å²) in [7, 11) is 0. The number of fused-ring (bicyclic) bond motifs is 1. The molecule has 1 aromatic heterocycles. The zero-order valence-electron chi connectivity index (χ0n) is 11.9. The number of piperidine rings is 1. The molecule has 2 aromatic rings. The van der Waals surface area contributed by atoms with Gasteiger partial charge in [0.2, 0.25) is 5.91 Å². The molecule has 1 saturated heterocycles. The number of carbonyl (C=O) groups is 1. The maximum absolute atomic E-state index is 12.6. The van der Waals surface area contributed by atoms with Gasteiger partial charge in [0.15, 0.2) is 0 Å². The van der Waals surface area contributed by atoms with Crippen LogP contribution in [0.5, 0.6) is 0 Å². The quantitative estimate of drug-likeness (QED) is 0.895. The van der Waals surface area contributed by atoms with Gasteiger partial charge in [0.1, 0.15) is 0 Å². The van der Waals surface area contributed by atoms with Crippen molar-refractivity contribution in [3.63, 3.8) is 0 Å². The van der Waals surface area contributed by atoms with E-state index in [-0.39, 0.29) is 11.3 Å². The highest BCUT2D eigenvalue weighted by atomic mass is 35.5. The minimum absolute atomic E-state index is 0.0315. The molecular weight excluding hydrogens is 286 g/mol. The van der Waals surface area contributed by atoms with Crippen LogP contribution in [0.4, 0.5) is 5.69 Å². The Kier molecular flexibility index (Phi) is 3.83. The van der Waals surface area contributed by atoms with E-state index in [4.69, 9.17) is 11.6 Å². The van der Waals surface area contributed by atoms with Crippen LogP contribution in [0.2, 0.25) is 5.02 Å². The molecular formula is C16H18ClN3O. The Bertz CT molecular complexity index is 680. The van der Waals surface area contributed by atoms with E-state index in [0.29, 0.717) is 17.3 Å². The first-order chi connectivity index (χ1) is 10.1. The number of pyridine rings is 1. The standard InChI is InChI=1S/C16H18ClN3O/c1-16(7-3-8-18-10-16)15(21)20-13-6-5-12(17)11-4-2-9-19-14(11)13/h2,4-6,9,18H,3,7-8,10H2,1H3,(H,20,21). The van der Waals surface area contributed by atoms with Crippen molar-refractivity contribution in [2.24, 2.45) is 5.41 Å². The molecule has 0 saturated carbocycles. The van der Waals surface area contributed by atoms with Crippen LogP contribution in [0, 0.1) is 5.41 Å². The largest absolute Gasteiger partial charge is 0.324 e. The Hall–Kier alpha value is -1.65. The molecule has 1 amide bonds. The molecule has 110 valence electrons. The van der Waals surface area contributed by atoms with Crippen molar-refractivity contribution in [2.75, 3.05) is 18.4 Å². The van der Waals surface area contributed by atoms with Gasteiger partial charge in [-0.3, -0.25) is 9.78 Å². The van der Waals surface area contributed by atoms with Crippen LogP contribution in [0.1, 0.15) is 19.8 Å². The van der Waals surface area contributed by atoms with E-state index < -0.39 is 0 Å². The van der Waals surface area contributed by atoms with E-state index in [2.05, 4.69) is 15.6 Å². The number of nitrogens with one attached hydrogen (secondary N) is 2. The van der Waals surface area contributed by atoms with Gasteiger partial charge < -0.3 is 10.6 Å². The van der Waals surface area contributed by atoms with Gasteiger partial charge in [-0.25, -0.2) is 0 Å². The van der Waals surface area contributed by atoms with Gasteiger partial charge in [-0.1, -0.05) is 11.6 Å². The number of hydrogen-bond donors (Lipinski definition) is 2. The van der Waals surface area contributed by atoms with E-state index in [1.54, 1.807) is 12.3 Å². The van der Waals surface area contributed by atoms with Crippen LogP contribution in [0.25, 0.3) is 10.9 Å². The van der Waals surface area contributed by atoms with Gasteiger partial charge in [0.05, 0.1) is 21.6 Å². The van der Waals surface area contributed by atoms with Gasteiger partial charge >= 0.3 is 0 Å². The van der Waals surface area contributed by atoms with E-state index >= 15 is 0 Å². The molecule has 3 rings (SSSR count). The van der Waals surface area contributed by atoms with Crippen LogP contribution < -0.4 is 10.6 Å². The topological polar surface area (TPSA) is 54.0 Å². The summed E-state index contributed by atoms with van der Waals surface area (Å²) in [4.78, 5) is 17.0. The Balaban J connectivity index is 1.91. The molecule has 4 nitrogen and oxygen atoms in total. The zero-order valence-corrected chi connectivity index (χ0v) is 12.7. The van der Waals surface area contributed by atoms with Crippen molar-refractivity contribution >= 4 is 34.1 Å². The zero-order chi connectivity index (χ0) is 14.9. The Morgan fingerprint density at radius 2 is 2.29 bits per heavy atom. The molecule has 1 unspecified atom stereocenters. The normalized spacial score (nSPS) is 22.2. The lowest BCUT2D eigenvalue weighted by molar-refractivity contribution is -0.125. The fourth-order valence-corrected chi connectivity index (χ4v) is 2.98. The monoisotopic (exact) mass is 303 g/mol. The highest BCUT2D eigenvalue weighted by Gasteiger charge is 2.34. The Labute approximate surface area is 128 Å². The first-order valence-corrected chi connectivity index (χ1v) is 7.53. The smallest absolute Gasteiger partial charge is 0.231 e. The molecule has 5 heteroatoms. The molecule has 1 atom stereocenters. The lowest BCUT2D eigenvalue weighted by Gasteiger charge is -2.32. The second-order valence-corrected chi connectivity index (χ2v) is 6.20. The molecule has 0 radical (unpaired) electrons. The van der Waals surface area contributed by atoms with Crippen LogP contribution in [0.3, 0.4) is 0 Å². The lowest BCUT2D eigenvalue weighted by Crippen LogP contribution is -2.46. The van der Waals surface area contributed by atoms with Gasteiger partial charge in [-0.05, 0) is 50.6 Å². The molecule has 1 aliphatic heterocycles. The Morgan fingerprint density at radius 3 is 3.05 bits per heavy atom. The summed E-state index contributed by atoms with van der Waals surface area (Å²) in [5, 5.41) is 7.80. The highest BCUT2D eigenvalue weighted by molar-refractivity contribution is 6.35. The maximum Gasteiger partial charge on any atom is 0.231 e. The minimum atomic E-state index is -0.376. The summed E-state index contributed by atoms with van der Waals surface area (Å²) in [6.45, 7) is 3.69. The van der Waals surface area contributed by atoms with E-state index in [9.17, 15) is 4.79 Å². The number of hydrogen-bond acceptors (Lipinski definition) is 3. The van der Waals surface area contributed by atoms with Gasteiger partial charge in [0.25, 0.3) is 0 Å². The van der Waals surface area contributed by atoms with E-state index in [1.165, 1.54) is 0 Å². The second-order valence-electron chi connectivity index (χ2n) is 5.79.